The summed E-state index contributed by atoms with van der Waals surface area (Å²) in [5.74, 6) is -1.68. The van der Waals surface area contributed by atoms with Crippen LogP contribution < -0.4 is 5.32 Å². The van der Waals surface area contributed by atoms with Crippen LogP contribution in [0.1, 0.15) is 48.0 Å². The molecule has 162 valence electrons. The fourth-order valence-corrected chi connectivity index (χ4v) is 3.52. The molecule has 6 nitrogen and oxygen atoms in total. The lowest BCUT2D eigenvalue weighted by Crippen LogP contribution is -2.26. The number of aliphatic carboxylic acids is 1. The van der Waals surface area contributed by atoms with E-state index in [1.54, 1.807) is 36.5 Å². The Bertz CT molecular complexity index is 1080. The van der Waals surface area contributed by atoms with Crippen LogP contribution in [0.5, 0.6) is 0 Å². The van der Waals surface area contributed by atoms with E-state index in [1.807, 2.05) is 6.07 Å². The number of aromatic nitrogens is 1. The Hall–Kier alpha value is -3.48. The third kappa shape index (κ3) is 6.01. The molecule has 1 amide bonds. The molecule has 3 aromatic rings. The van der Waals surface area contributed by atoms with Crippen LogP contribution in [0.4, 0.5) is 4.39 Å². The maximum Gasteiger partial charge on any atom is 0.303 e. The maximum absolute atomic E-state index is 13.9. The summed E-state index contributed by atoms with van der Waals surface area (Å²) in [4.78, 5) is 35.8. The second-order valence-electron chi connectivity index (χ2n) is 7.44. The highest BCUT2D eigenvalue weighted by molar-refractivity contribution is 6.03. The van der Waals surface area contributed by atoms with Gasteiger partial charge in [0.1, 0.15) is 5.82 Å². The highest BCUT2D eigenvalue weighted by Crippen LogP contribution is 2.24. The second kappa shape index (κ2) is 10.5. The number of amides is 1. The van der Waals surface area contributed by atoms with Crippen molar-refractivity contribution in [1.82, 2.24) is 9.88 Å². The molecule has 0 bridgehead atoms. The van der Waals surface area contributed by atoms with Crippen LogP contribution in [0.2, 0.25) is 0 Å². The van der Waals surface area contributed by atoms with Gasteiger partial charge >= 0.3 is 5.97 Å². The number of hydrogen-bond acceptors (Lipinski definition) is 3. The van der Waals surface area contributed by atoms with Crippen LogP contribution in [0, 0.1) is 5.82 Å². The normalized spacial score (nSPS) is 10.9. The fourth-order valence-electron chi connectivity index (χ4n) is 3.52. The molecule has 0 atom stereocenters. The minimum Gasteiger partial charge on any atom is -0.481 e. The summed E-state index contributed by atoms with van der Waals surface area (Å²) in [6.07, 6.45) is 4.83. The number of benzene rings is 2. The van der Waals surface area contributed by atoms with Crippen molar-refractivity contribution in [3.63, 3.8) is 0 Å². The fraction of sp³-hybridized carbons (Fsp3) is 0.292. The molecule has 0 spiro atoms. The quantitative estimate of drug-likeness (QED) is 0.478. The van der Waals surface area contributed by atoms with Gasteiger partial charge < -0.3 is 10.4 Å². The summed E-state index contributed by atoms with van der Waals surface area (Å²) < 4.78 is 15.3. The van der Waals surface area contributed by atoms with Crippen LogP contribution in [0.3, 0.4) is 0 Å². The standard InChI is InChI=1S/C24H25FN2O4/c25-19-11-12-21-20(15-19)18(16-27(21)24(31)17-8-4-3-5-9-17)14-22(28)26-13-7-2-1-6-10-23(29)30/h3-5,8-9,11-12,15-16H,1-2,6-7,10,13-14H2,(H,26,28)(H,29,30). The lowest BCUT2D eigenvalue weighted by Gasteiger charge is -2.05. The molecule has 31 heavy (non-hydrogen) atoms. The number of halogens is 1. The summed E-state index contributed by atoms with van der Waals surface area (Å²) in [6, 6.07) is 13.0. The average molecular weight is 424 g/mol. The Labute approximate surface area is 179 Å². The number of carbonyl (C=O) groups is 3. The Morgan fingerprint density at radius 2 is 1.71 bits per heavy atom. The first kappa shape index (κ1) is 22.2. The Balaban J connectivity index is 1.65. The van der Waals surface area contributed by atoms with Gasteiger partial charge in [-0.25, -0.2) is 4.39 Å². The molecule has 0 fully saturated rings. The third-order valence-corrected chi connectivity index (χ3v) is 5.08. The van der Waals surface area contributed by atoms with Gasteiger partial charge in [-0.3, -0.25) is 19.0 Å². The van der Waals surface area contributed by atoms with Crippen molar-refractivity contribution in [2.45, 2.75) is 38.5 Å². The topological polar surface area (TPSA) is 88.4 Å². The minimum absolute atomic E-state index is 0.0358. The van der Waals surface area contributed by atoms with Crippen LogP contribution in [-0.2, 0) is 16.0 Å². The highest BCUT2D eigenvalue weighted by Gasteiger charge is 2.17. The first-order valence-electron chi connectivity index (χ1n) is 10.3. The number of nitrogens with one attached hydrogen (secondary N) is 1. The van der Waals surface area contributed by atoms with E-state index >= 15 is 0 Å². The van der Waals surface area contributed by atoms with Gasteiger partial charge in [-0.1, -0.05) is 31.0 Å². The van der Waals surface area contributed by atoms with Crippen molar-refractivity contribution in [2.24, 2.45) is 0 Å². The molecule has 7 heteroatoms. The van der Waals surface area contributed by atoms with Crippen LogP contribution >= 0.6 is 0 Å². The van der Waals surface area contributed by atoms with E-state index in [1.165, 1.54) is 16.7 Å². The number of unbranched alkanes of at least 4 members (excludes halogenated alkanes) is 3. The number of nitrogens with zero attached hydrogens (tertiary/aromatic N) is 1. The first-order chi connectivity index (χ1) is 15.0. The van der Waals surface area contributed by atoms with Crippen LogP contribution in [-0.4, -0.2) is 34.0 Å². The van der Waals surface area contributed by atoms with Gasteiger partial charge in [0.15, 0.2) is 0 Å². The molecule has 2 aromatic carbocycles. The monoisotopic (exact) mass is 424 g/mol. The molecule has 0 unspecified atom stereocenters. The molecule has 2 N–H and O–H groups in total. The lowest BCUT2D eigenvalue weighted by molar-refractivity contribution is -0.137. The van der Waals surface area contributed by atoms with Gasteiger partial charge in [0.05, 0.1) is 11.9 Å². The van der Waals surface area contributed by atoms with Gasteiger partial charge in [0.25, 0.3) is 5.91 Å². The number of rotatable bonds is 10. The minimum atomic E-state index is -0.797. The molecule has 0 saturated heterocycles. The van der Waals surface area contributed by atoms with E-state index < -0.39 is 11.8 Å². The van der Waals surface area contributed by atoms with Crippen molar-refractivity contribution in [3.8, 4) is 0 Å². The number of carbonyl (C=O) groups excluding carboxylic acids is 2. The van der Waals surface area contributed by atoms with E-state index in [-0.39, 0.29) is 24.7 Å². The van der Waals surface area contributed by atoms with Crippen LogP contribution in [0.15, 0.2) is 54.7 Å². The van der Waals surface area contributed by atoms with Crippen molar-refractivity contribution < 1.29 is 23.9 Å². The molecule has 3 rings (SSSR count). The molecule has 1 heterocycles. The van der Waals surface area contributed by atoms with E-state index in [4.69, 9.17) is 5.11 Å². The van der Waals surface area contributed by atoms with Gasteiger partial charge in [-0.2, -0.15) is 0 Å². The molecular formula is C24H25FN2O4. The highest BCUT2D eigenvalue weighted by atomic mass is 19.1. The summed E-state index contributed by atoms with van der Waals surface area (Å²) in [5, 5.41) is 12.0. The van der Waals surface area contributed by atoms with Crippen molar-refractivity contribution in [3.05, 3.63) is 71.7 Å². The van der Waals surface area contributed by atoms with Crippen LogP contribution in [0.25, 0.3) is 10.9 Å². The molecule has 0 aliphatic carbocycles. The smallest absolute Gasteiger partial charge is 0.303 e. The SMILES string of the molecule is O=C(O)CCCCCCNC(=O)Cc1cn(C(=O)c2ccccc2)c2ccc(F)cc12. The Morgan fingerprint density at radius 1 is 0.968 bits per heavy atom. The number of hydrogen-bond donors (Lipinski definition) is 2. The summed E-state index contributed by atoms with van der Waals surface area (Å²) in [7, 11) is 0. The summed E-state index contributed by atoms with van der Waals surface area (Å²) in [5.41, 5.74) is 1.64. The number of fused-ring (bicyclic) bond motifs is 1. The van der Waals surface area contributed by atoms with E-state index in [2.05, 4.69) is 5.32 Å². The largest absolute Gasteiger partial charge is 0.481 e. The zero-order valence-corrected chi connectivity index (χ0v) is 17.1. The zero-order chi connectivity index (χ0) is 22.2. The maximum atomic E-state index is 13.9. The van der Waals surface area contributed by atoms with Crippen molar-refractivity contribution >= 4 is 28.7 Å². The van der Waals surface area contributed by atoms with E-state index in [9.17, 15) is 18.8 Å². The molecular weight excluding hydrogens is 399 g/mol. The lowest BCUT2D eigenvalue weighted by atomic mass is 10.1. The number of carboxylic acid groups (broad SMARTS) is 1. The first-order valence-corrected chi connectivity index (χ1v) is 10.3. The summed E-state index contributed by atoms with van der Waals surface area (Å²) >= 11 is 0. The predicted molar refractivity (Wildman–Crippen MR) is 116 cm³/mol. The summed E-state index contributed by atoms with van der Waals surface area (Å²) in [6.45, 7) is 0.488. The zero-order valence-electron chi connectivity index (χ0n) is 17.1. The third-order valence-electron chi connectivity index (χ3n) is 5.08. The molecule has 0 saturated carbocycles. The van der Waals surface area contributed by atoms with E-state index in [0.29, 0.717) is 35.0 Å². The van der Waals surface area contributed by atoms with Gasteiger partial charge in [-0.15, -0.1) is 0 Å². The molecule has 1 aromatic heterocycles. The van der Waals surface area contributed by atoms with Crippen molar-refractivity contribution in [1.29, 1.82) is 0 Å². The average Bonchev–Trinajstić information content (AvgIpc) is 3.10. The Kier molecular flexibility index (Phi) is 7.54. The van der Waals surface area contributed by atoms with Gasteiger partial charge in [-0.05, 0) is 48.7 Å². The molecule has 0 aliphatic rings. The van der Waals surface area contributed by atoms with Crippen molar-refractivity contribution in [2.75, 3.05) is 6.54 Å². The predicted octanol–water partition coefficient (Wildman–Crippen LogP) is 4.16. The number of carboxylic acids is 1. The second-order valence-corrected chi connectivity index (χ2v) is 7.44. The molecule has 0 radical (unpaired) electrons. The molecule has 0 aliphatic heterocycles. The van der Waals surface area contributed by atoms with Gasteiger partial charge in [0.2, 0.25) is 5.91 Å². The van der Waals surface area contributed by atoms with E-state index in [0.717, 1.165) is 19.3 Å². The van der Waals surface area contributed by atoms with Gasteiger partial charge in [0, 0.05) is 30.1 Å². The Morgan fingerprint density at radius 3 is 2.45 bits per heavy atom.